The standard InChI is InChI=1S/C28H35N3O5S/c32-27(29-25-6-15-37-28(25)33)20-30-7-10-35-13-14-36-26-5-4-24(31-8-11-34-12-9-31)18-23(26)17-21-2-1-3-22(16-21)19-30/h1-5,16,18,25H,6-15,17,19-20H2,(H,29,32). The molecule has 0 aliphatic carbocycles. The molecule has 0 aromatic heterocycles. The molecule has 1 N–H and O–H groups in total. The fourth-order valence-corrected chi connectivity index (χ4v) is 5.90. The lowest BCUT2D eigenvalue weighted by Gasteiger charge is -2.29. The van der Waals surface area contributed by atoms with Gasteiger partial charge in [-0.05, 0) is 35.7 Å². The molecular weight excluding hydrogens is 490 g/mol. The van der Waals surface area contributed by atoms with E-state index in [1.807, 2.05) is 0 Å². The molecule has 9 heteroatoms. The maximum atomic E-state index is 12.7. The van der Waals surface area contributed by atoms with Gasteiger partial charge < -0.3 is 24.4 Å². The summed E-state index contributed by atoms with van der Waals surface area (Å²) in [4.78, 5) is 29.1. The number of amides is 1. The molecule has 198 valence electrons. The van der Waals surface area contributed by atoms with Crippen molar-refractivity contribution in [1.29, 1.82) is 0 Å². The molecule has 0 spiro atoms. The molecule has 8 nitrogen and oxygen atoms in total. The van der Waals surface area contributed by atoms with Gasteiger partial charge in [0.1, 0.15) is 12.4 Å². The zero-order valence-corrected chi connectivity index (χ0v) is 22.0. The number of ether oxygens (including phenoxy) is 3. The van der Waals surface area contributed by atoms with Crippen molar-refractivity contribution in [3.05, 3.63) is 59.2 Å². The van der Waals surface area contributed by atoms with Crippen LogP contribution in [-0.4, -0.2) is 86.9 Å². The van der Waals surface area contributed by atoms with Gasteiger partial charge in [0, 0.05) is 49.6 Å². The zero-order valence-electron chi connectivity index (χ0n) is 21.2. The Morgan fingerprint density at radius 3 is 2.62 bits per heavy atom. The number of nitrogens with one attached hydrogen (secondary N) is 1. The molecule has 0 saturated carbocycles. The second-order valence-electron chi connectivity index (χ2n) is 9.64. The quantitative estimate of drug-likeness (QED) is 0.652. The average molecular weight is 526 g/mol. The number of benzene rings is 2. The first-order valence-corrected chi connectivity index (χ1v) is 14.0. The smallest absolute Gasteiger partial charge is 0.234 e. The van der Waals surface area contributed by atoms with Crippen molar-refractivity contribution in [3.8, 4) is 5.75 Å². The molecule has 5 rings (SSSR count). The Labute approximate surface area is 222 Å². The number of nitrogens with zero attached hydrogens (tertiary/aromatic N) is 2. The Morgan fingerprint density at radius 1 is 0.973 bits per heavy atom. The number of fused-ring (bicyclic) bond motifs is 3. The number of hydrogen-bond donors (Lipinski definition) is 1. The van der Waals surface area contributed by atoms with E-state index in [2.05, 4.69) is 57.6 Å². The molecule has 3 heterocycles. The topological polar surface area (TPSA) is 80.3 Å². The summed E-state index contributed by atoms with van der Waals surface area (Å²) in [7, 11) is 0. The van der Waals surface area contributed by atoms with Crippen molar-refractivity contribution in [3.63, 3.8) is 0 Å². The van der Waals surface area contributed by atoms with Gasteiger partial charge in [0.2, 0.25) is 11.0 Å². The second-order valence-corrected chi connectivity index (χ2v) is 10.7. The summed E-state index contributed by atoms with van der Waals surface area (Å²) >= 11 is 1.30. The Kier molecular flexibility index (Phi) is 8.99. The number of anilines is 1. The molecule has 2 aromatic carbocycles. The first-order chi connectivity index (χ1) is 18.1. The third-order valence-electron chi connectivity index (χ3n) is 6.89. The minimum Gasteiger partial charge on any atom is -0.491 e. The fourth-order valence-electron chi connectivity index (χ4n) is 4.97. The monoisotopic (exact) mass is 525 g/mol. The second kappa shape index (κ2) is 12.8. The molecule has 2 aromatic rings. The van der Waals surface area contributed by atoms with E-state index in [0.717, 1.165) is 55.4 Å². The predicted octanol–water partition coefficient (Wildman–Crippen LogP) is 2.47. The van der Waals surface area contributed by atoms with Gasteiger partial charge in [0.15, 0.2) is 0 Å². The van der Waals surface area contributed by atoms with Crippen molar-refractivity contribution in [1.82, 2.24) is 10.2 Å². The number of rotatable bonds is 4. The number of thioether (sulfide) groups is 1. The number of hydrogen-bond acceptors (Lipinski definition) is 8. The molecule has 2 saturated heterocycles. The third kappa shape index (κ3) is 7.25. The van der Waals surface area contributed by atoms with E-state index in [4.69, 9.17) is 14.2 Å². The lowest BCUT2D eigenvalue weighted by atomic mass is 10.0. The Balaban J connectivity index is 1.32. The highest BCUT2D eigenvalue weighted by molar-refractivity contribution is 8.14. The van der Waals surface area contributed by atoms with Crippen molar-refractivity contribution >= 4 is 28.5 Å². The Bertz CT molecular complexity index is 1090. The van der Waals surface area contributed by atoms with Gasteiger partial charge in [0.25, 0.3) is 0 Å². The van der Waals surface area contributed by atoms with E-state index in [9.17, 15) is 9.59 Å². The average Bonchev–Trinajstić information content (AvgIpc) is 3.30. The molecule has 1 atom stereocenters. The van der Waals surface area contributed by atoms with E-state index in [0.29, 0.717) is 39.3 Å². The number of carbonyl (C=O) groups excluding carboxylic acids is 2. The van der Waals surface area contributed by atoms with Gasteiger partial charge >= 0.3 is 0 Å². The number of carbonyl (C=O) groups is 2. The van der Waals surface area contributed by atoms with Crippen LogP contribution in [-0.2, 0) is 32.0 Å². The summed E-state index contributed by atoms with van der Waals surface area (Å²) in [5.74, 6) is 1.54. The van der Waals surface area contributed by atoms with Crippen LogP contribution in [0.2, 0.25) is 0 Å². The SMILES string of the molecule is O=C(CN1CCOCCOc2ccc(N3CCOCC3)cc2Cc2cccc(c2)C1)NC1CCSC1=O. The molecule has 0 radical (unpaired) electrons. The van der Waals surface area contributed by atoms with Crippen LogP contribution in [0.5, 0.6) is 5.75 Å². The maximum Gasteiger partial charge on any atom is 0.234 e. The Morgan fingerprint density at radius 2 is 1.78 bits per heavy atom. The van der Waals surface area contributed by atoms with Gasteiger partial charge in [-0.15, -0.1) is 0 Å². The summed E-state index contributed by atoms with van der Waals surface area (Å²) in [6.45, 7) is 6.19. The van der Waals surface area contributed by atoms with Crippen LogP contribution in [0.1, 0.15) is 23.1 Å². The van der Waals surface area contributed by atoms with E-state index < -0.39 is 0 Å². The lowest BCUT2D eigenvalue weighted by molar-refractivity contribution is -0.125. The molecule has 2 fully saturated rings. The van der Waals surface area contributed by atoms with Crippen molar-refractivity contribution in [2.24, 2.45) is 0 Å². The van der Waals surface area contributed by atoms with Crippen molar-refractivity contribution in [2.75, 3.05) is 69.9 Å². The highest BCUT2D eigenvalue weighted by atomic mass is 32.2. The summed E-state index contributed by atoms with van der Waals surface area (Å²) in [5, 5.41) is 2.96. The zero-order chi connectivity index (χ0) is 25.5. The van der Waals surface area contributed by atoms with Gasteiger partial charge in [-0.1, -0.05) is 36.0 Å². The molecule has 37 heavy (non-hydrogen) atoms. The summed E-state index contributed by atoms with van der Waals surface area (Å²) < 4.78 is 17.5. The van der Waals surface area contributed by atoms with Crippen molar-refractivity contribution < 1.29 is 23.8 Å². The highest BCUT2D eigenvalue weighted by Crippen LogP contribution is 2.28. The normalized spacial score (nSPS) is 21.6. The molecule has 3 aliphatic rings. The van der Waals surface area contributed by atoms with E-state index in [-0.39, 0.29) is 23.6 Å². The van der Waals surface area contributed by atoms with Crippen molar-refractivity contribution in [2.45, 2.75) is 25.4 Å². The van der Waals surface area contributed by atoms with E-state index in [1.54, 1.807) is 0 Å². The molecule has 2 bridgehead atoms. The maximum absolute atomic E-state index is 12.7. The number of morpholine rings is 1. The van der Waals surface area contributed by atoms with Gasteiger partial charge in [0.05, 0.1) is 39.0 Å². The highest BCUT2D eigenvalue weighted by Gasteiger charge is 2.27. The molecule has 1 unspecified atom stereocenters. The first-order valence-electron chi connectivity index (χ1n) is 13.1. The summed E-state index contributed by atoms with van der Waals surface area (Å²) in [6.07, 6.45) is 1.46. The Hall–Kier alpha value is -2.59. The predicted molar refractivity (Wildman–Crippen MR) is 144 cm³/mol. The van der Waals surface area contributed by atoms with Gasteiger partial charge in [-0.25, -0.2) is 0 Å². The minimum atomic E-state index is -0.364. The lowest BCUT2D eigenvalue weighted by Crippen LogP contribution is -2.44. The minimum absolute atomic E-state index is 0.0578. The van der Waals surface area contributed by atoms with Crippen LogP contribution in [0.25, 0.3) is 0 Å². The summed E-state index contributed by atoms with van der Waals surface area (Å²) in [6, 6.07) is 14.6. The van der Waals surface area contributed by atoms with E-state index in [1.165, 1.54) is 23.0 Å². The fraction of sp³-hybridized carbons (Fsp3) is 0.500. The summed E-state index contributed by atoms with van der Waals surface area (Å²) in [5.41, 5.74) is 4.68. The third-order valence-corrected chi connectivity index (χ3v) is 7.90. The van der Waals surface area contributed by atoms with Gasteiger partial charge in [-0.2, -0.15) is 0 Å². The van der Waals surface area contributed by atoms with Crippen LogP contribution in [0.15, 0.2) is 42.5 Å². The van der Waals surface area contributed by atoms with Crippen LogP contribution in [0, 0.1) is 0 Å². The molecule has 1 amide bonds. The molecule has 3 aliphatic heterocycles. The van der Waals surface area contributed by atoms with Crippen LogP contribution < -0.4 is 15.0 Å². The van der Waals surface area contributed by atoms with Crippen LogP contribution in [0.4, 0.5) is 5.69 Å². The van der Waals surface area contributed by atoms with E-state index >= 15 is 0 Å². The molecular formula is C28H35N3O5S. The van der Waals surface area contributed by atoms with Crippen LogP contribution >= 0.6 is 11.8 Å². The first kappa shape index (κ1) is 26.0. The van der Waals surface area contributed by atoms with Gasteiger partial charge in [-0.3, -0.25) is 14.5 Å². The largest absolute Gasteiger partial charge is 0.491 e. The van der Waals surface area contributed by atoms with Crippen LogP contribution in [0.3, 0.4) is 0 Å².